The standard InChI is InChI=1S/C16H23N3O4/c1-5-9-22-14(20)10(6-2)19-13-11(7-8-12(17)18-13)23-16(3,4)15(19)21/h7-8,10H,5-6,9H2,1-4H3,(H2,17,18). The second-order valence-electron chi connectivity index (χ2n) is 5.94. The van der Waals surface area contributed by atoms with Crippen LogP contribution in [0.2, 0.25) is 0 Å². The van der Waals surface area contributed by atoms with Crippen molar-refractivity contribution in [2.45, 2.75) is 52.2 Å². The summed E-state index contributed by atoms with van der Waals surface area (Å²) in [6.07, 6.45) is 1.12. The van der Waals surface area contributed by atoms with E-state index < -0.39 is 17.6 Å². The first kappa shape index (κ1) is 17.1. The third-order valence-corrected chi connectivity index (χ3v) is 3.61. The summed E-state index contributed by atoms with van der Waals surface area (Å²) < 4.78 is 10.9. The Bertz CT molecular complexity index is 615. The SMILES string of the molecule is CCCOC(=O)C(CC)N1C(=O)C(C)(C)Oc2ccc(N)nc21. The maximum atomic E-state index is 12.8. The van der Waals surface area contributed by atoms with E-state index in [0.29, 0.717) is 25.2 Å². The Morgan fingerprint density at radius 1 is 1.43 bits per heavy atom. The number of anilines is 2. The number of carbonyl (C=O) groups is 2. The van der Waals surface area contributed by atoms with Crippen molar-refractivity contribution in [2.75, 3.05) is 17.2 Å². The fraction of sp³-hybridized carbons (Fsp3) is 0.562. The number of aromatic nitrogens is 1. The first-order valence-corrected chi connectivity index (χ1v) is 7.77. The quantitative estimate of drug-likeness (QED) is 0.832. The van der Waals surface area contributed by atoms with Crippen molar-refractivity contribution in [1.29, 1.82) is 0 Å². The molecule has 0 aliphatic carbocycles. The van der Waals surface area contributed by atoms with Crippen LogP contribution >= 0.6 is 0 Å². The van der Waals surface area contributed by atoms with Crippen LogP contribution in [-0.2, 0) is 14.3 Å². The normalized spacial score (nSPS) is 17.2. The molecule has 126 valence electrons. The molecule has 0 fully saturated rings. The molecule has 2 rings (SSSR count). The summed E-state index contributed by atoms with van der Waals surface area (Å²) in [5.74, 6) is 0.140. The summed E-state index contributed by atoms with van der Waals surface area (Å²) in [4.78, 5) is 30.7. The van der Waals surface area contributed by atoms with E-state index in [4.69, 9.17) is 15.2 Å². The third-order valence-electron chi connectivity index (χ3n) is 3.61. The molecular formula is C16H23N3O4. The maximum Gasteiger partial charge on any atom is 0.329 e. The molecule has 1 aliphatic heterocycles. The number of nitrogens with zero attached hydrogens (tertiary/aromatic N) is 2. The Hall–Kier alpha value is -2.31. The second kappa shape index (κ2) is 6.44. The topological polar surface area (TPSA) is 94.8 Å². The van der Waals surface area contributed by atoms with E-state index in [1.165, 1.54) is 4.90 Å². The number of hydrogen-bond acceptors (Lipinski definition) is 6. The summed E-state index contributed by atoms with van der Waals surface area (Å²) in [5.41, 5.74) is 4.64. The van der Waals surface area contributed by atoms with E-state index in [-0.39, 0.29) is 17.5 Å². The van der Waals surface area contributed by atoms with E-state index in [0.717, 1.165) is 0 Å². The summed E-state index contributed by atoms with van der Waals surface area (Å²) >= 11 is 0. The number of nitrogen functional groups attached to an aromatic ring is 1. The maximum absolute atomic E-state index is 12.8. The van der Waals surface area contributed by atoms with Gasteiger partial charge in [-0.05, 0) is 38.8 Å². The van der Waals surface area contributed by atoms with Gasteiger partial charge in [0.1, 0.15) is 11.9 Å². The van der Waals surface area contributed by atoms with Crippen molar-refractivity contribution in [2.24, 2.45) is 0 Å². The fourth-order valence-corrected chi connectivity index (χ4v) is 2.45. The highest BCUT2D eigenvalue weighted by atomic mass is 16.5. The van der Waals surface area contributed by atoms with Crippen molar-refractivity contribution in [3.63, 3.8) is 0 Å². The smallest absolute Gasteiger partial charge is 0.329 e. The molecule has 0 radical (unpaired) electrons. The Balaban J connectivity index is 2.47. The van der Waals surface area contributed by atoms with Crippen LogP contribution in [0.25, 0.3) is 0 Å². The molecule has 0 spiro atoms. The molecule has 1 atom stereocenters. The molecule has 23 heavy (non-hydrogen) atoms. The molecule has 1 amide bonds. The van der Waals surface area contributed by atoms with Gasteiger partial charge in [-0.25, -0.2) is 9.78 Å². The van der Waals surface area contributed by atoms with Gasteiger partial charge in [0.05, 0.1) is 6.61 Å². The van der Waals surface area contributed by atoms with Crippen LogP contribution in [0.15, 0.2) is 12.1 Å². The lowest BCUT2D eigenvalue weighted by Gasteiger charge is -2.40. The van der Waals surface area contributed by atoms with E-state index in [1.807, 2.05) is 13.8 Å². The highest BCUT2D eigenvalue weighted by Crippen LogP contribution is 2.38. The molecule has 7 nitrogen and oxygen atoms in total. The predicted octanol–water partition coefficient (Wildman–Crippen LogP) is 1.90. The number of amides is 1. The van der Waals surface area contributed by atoms with Gasteiger partial charge in [0, 0.05) is 0 Å². The lowest BCUT2D eigenvalue weighted by molar-refractivity contribution is -0.148. The van der Waals surface area contributed by atoms with Crippen molar-refractivity contribution < 1.29 is 19.1 Å². The van der Waals surface area contributed by atoms with Crippen LogP contribution in [0.5, 0.6) is 5.75 Å². The Kier molecular flexibility index (Phi) is 4.77. The lowest BCUT2D eigenvalue weighted by Crippen LogP contribution is -2.58. The molecular weight excluding hydrogens is 298 g/mol. The monoisotopic (exact) mass is 321 g/mol. The number of ether oxygens (including phenoxy) is 2. The van der Waals surface area contributed by atoms with Gasteiger partial charge in [-0.3, -0.25) is 9.69 Å². The summed E-state index contributed by atoms with van der Waals surface area (Å²) in [6.45, 7) is 7.36. The van der Waals surface area contributed by atoms with E-state index >= 15 is 0 Å². The van der Waals surface area contributed by atoms with Gasteiger partial charge < -0.3 is 15.2 Å². The zero-order chi connectivity index (χ0) is 17.2. The van der Waals surface area contributed by atoms with Crippen LogP contribution in [0.1, 0.15) is 40.5 Å². The van der Waals surface area contributed by atoms with E-state index in [2.05, 4.69) is 4.98 Å². The van der Waals surface area contributed by atoms with E-state index in [9.17, 15) is 9.59 Å². The largest absolute Gasteiger partial charge is 0.474 e. The molecule has 1 unspecified atom stereocenters. The van der Waals surface area contributed by atoms with Crippen molar-refractivity contribution in [1.82, 2.24) is 4.98 Å². The predicted molar refractivity (Wildman–Crippen MR) is 86.2 cm³/mol. The Morgan fingerprint density at radius 3 is 2.74 bits per heavy atom. The minimum Gasteiger partial charge on any atom is -0.474 e. The lowest BCUT2D eigenvalue weighted by atomic mass is 10.0. The average molecular weight is 321 g/mol. The van der Waals surface area contributed by atoms with Crippen molar-refractivity contribution >= 4 is 23.5 Å². The molecule has 0 saturated carbocycles. The number of rotatable bonds is 5. The molecule has 2 heterocycles. The number of esters is 1. The zero-order valence-electron chi connectivity index (χ0n) is 14.0. The minimum atomic E-state index is -1.09. The Morgan fingerprint density at radius 2 is 2.13 bits per heavy atom. The van der Waals surface area contributed by atoms with Crippen LogP contribution < -0.4 is 15.4 Å². The van der Waals surface area contributed by atoms with Crippen molar-refractivity contribution in [3.8, 4) is 5.75 Å². The zero-order valence-corrected chi connectivity index (χ0v) is 14.0. The number of hydrogen-bond donors (Lipinski definition) is 1. The van der Waals surface area contributed by atoms with Gasteiger partial charge in [-0.15, -0.1) is 0 Å². The number of nitrogens with two attached hydrogens (primary N) is 1. The van der Waals surface area contributed by atoms with Gasteiger partial charge >= 0.3 is 5.97 Å². The first-order chi connectivity index (χ1) is 10.8. The molecule has 0 saturated heterocycles. The highest BCUT2D eigenvalue weighted by molar-refractivity contribution is 6.05. The molecule has 0 aromatic carbocycles. The van der Waals surface area contributed by atoms with Crippen LogP contribution in [0.3, 0.4) is 0 Å². The van der Waals surface area contributed by atoms with Gasteiger partial charge in [0.25, 0.3) is 5.91 Å². The van der Waals surface area contributed by atoms with Gasteiger partial charge in [-0.1, -0.05) is 13.8 Å². The Labute approximate surface area is 135 Å². The van der Waals surface area contributed by atoms with Gasteiger partial charge in [0.2, 0.25) is 0 Å². The molecule has 0 bridgehead atoms. The second-order valence-corrected chi connectivity index (χ2v) is 5.94. The van der Waals surface area contributed by atoms with E-state index in [1.54, 1.807) is 26.0 Å². The molecule has 1 aromatic heterocycles. The molecule has 2 N–H and O–H groups in total. The fourth-order valence-electron chi connectivity index (χ4n) is 2.45. The highest BCUT2D eigenvalue weighted by Gasteiger charge is 2.46. The van der Waals surface area contributed by atoms with Gasteiger partial charge in [0.15, 0.2) is 17.2 Å². The average Bonchev–Trinajstić information content (AvgIpc) is 2.50. The summed E-state index contributed by atoms with van der Waals surface area (Å²) in [5, 5.41) is 0. The van der Waals surface area contributed by atoms with Gasteiger partial charge in [-0.2, -0.15) is 0 Å². The third kappa shape index (κ3) is 3.23. The van der Waals surface area contributed by atoms with Crippen LogP contribution in [0.4, 0.5) is 11.6 Å². The van der Waals surface area contributed by atoms with Crippen LogP contribution in [0, 0.1) is 0 Å². The summed E-state index contributed by atoms with van der Waals surface area (Å²) in [6, 6.07) is 2.49. The molecule has 1 aliphatic rings. The number of fused-ring (bicyclic) bond motifs is 1. The number of carbonyl (C=O) groups excluding carboxylic acids is 2. The van der Waals surface area contributed by atoms with Crippen molar-refractivity contribution in [3.05, 3.63) is 12.1 Å². The first-order valence-electron chi connectivity index (χ1n) is 7.77. The molecule has 7 heteroatoms. The number of pyridine rings is 1. The van der Waals surface area contributed by atoms with Crippen LogP contribution in [-0.4, -0.2) is 35.1 Å². The molecule has 1 aromatic rings. The summed E-state index contributed by atoms with van der Waals surface area (Å²) in [7, 11) is 0. The minimum absolute atomic E-state index is 0.252.